The van der Waals surface area contributed by atoms with Crippen molar-refractivity contribution in [3.63, 3.8) is 0 Å². The molecule has 0 radical (unpaired) electrons. The molecule has 140 valence electrons. The first-order valence-electron chi connectivity index (χ1n) is 9.21. The van der Waals surface area contributed by atoms with Crippen molar-refractivity contribution >= 4 is 11.9 Å². The molecular formula is C19H28O6. The van der Waals surface area contributed by atoms with Crippen molar-refractivity contribution in [3.8, 4) is 0 Å². The lowest BCUT2D eigenvalue weighted by atomic mass is 9.63. The van der Waals surface area contributed by atoms with E-state index in [1.807, 2.05) is 13.8 Å². The second-order valence-electron chi connectivity index (χ2n) is 7.81. The molecule has 2 aliphatic heterocycles. The van der Waals surface area contributed by atoms with Crippen molar-refractivity contribution in [2.45, 2.75) is 59.4 Å². The zero-order valence-corrected chi connectivity index (χ0v) is 15.7. The predicted molar refractivity (Wildman–Crippen MR) is 89.2 cm³/mol. The molecule has 1 fully saturated rings. The largest absolute Gasteiger partial charge is 0.466 e. The van der Waals surface area contributed by atoms with Gasteiger partial charge < -0.3 is 18.9 Å². The maximum atomic E-state index is 12.8. The predicted octanol–water partition coefficient (Wildman–Crippen LogP) is 2.81. The number of ether oxygens (including phenoxy) is 4. The third-order valence-electron chi connectivity index (χ3n) is 5.26. The smallest absolute Gasteiger partial charge is 0.341 e. The molecule has 6 nitrogen and oxygen atoms in total. The summed E-state index contributed by atoms with van der Waals surface area (Å²) >= 11 is 0. The van der Waals surface area contributed by atoms with Crippen LogP contribution in [0.15, 0.2) is 11.3 Å². The highest BCUT2D eigenvalue weighted by Gasteiger charge is 2.56. The molecule has 3 aliphatic rings. The molecule has 3 rings (SSSR count). The van der Waals surface area contributed by atoms with Crippen molar-refractivity contribution in [1.29, 1.82) is 0 Å². The number of fused-ring (bicyclic) bond motifs is 2. The minimum Gasteiger partial charge on any atom is -0.466 e. The van der Waals surface area contributed by atoms with Crippen LogP contribution in [0.2, 0.25) is 0 Å². The number of esters is 2. The van der Waals surface area contributed by atoms with Gasteiger partial charge in [-0.2, -0.15) is 0 Å². The summed E-state index contributed by atoms with van der Waals surface area (Å²) in [5.74, 6) is -1.82. The second-order valence-corrected chi connectivity index (χ2v) is 7.81. The molecule has 0 spiro atoms. The van der Waals surface area contributed by atoms with Crippen LogP contribution in [0.3, 0.4) is 0 Å². The van der Waals surface area contributed by atoms with Gasteiger partial charge in [0.25, 0.3) is 0 Å². The van der Waals surface area contributed by atoms with Gasteiger partial charge in [-0.1, -0.05) is 13.8 Å². The van der Waals surface area contributed by atoms with Crippen LogP contribution in [0.4, 0.5) is 0 Å². The maximum absolute atomic E-state index is 12.8. The van der Waals surface area contributed by atoms with Crippen LogP contribution in [0.1, 0.15) is 47.5 Å². The van der Waals surface area contributed by atoms with Gasteiger partial charge in [0.1, 0.15) is 11.9 Å². The van der Waals surface area contributed by atoms with E-state index in [0.29, 0.717) is 24.5 Å². The Morgan fingerprint density at radius 1 is 1.32 bits per heavy atom. The molecule has 0 N–H and O–H groups in total. The molecule has 0 aromatic rings. The number of carbonyl (C=O) groups excluding carboxylic acids is 2. The number of rotatable bonds is 3. The maximum Gasteiger partial charge on any atom is 0.341 e. The summed E-state index contributed by atoms with van der Waals surface area (Å²) in [6, 6.07) is 0. The summed E-state index contributed by atoms with van der Waals surface area (Å²) < 4.78 is 22.8. The SMILES string of the molecule is CCOC(=O)[C@H]1[C@@H]2CCCO[C@H]2C2=C(C(=O)OC(C)(C)O2)[C@H]1C(C)C. The van der Waals surface area contributed by atoms with E-state index in [-0.39, 0.29) is 29.8 Å². The lowest BCUT2D eigenvalue weighted by Crippen LogP contribution is -2.54. The fraction of sp³-hybridized carbons (Fsp3) is 0.789. The zero-order chi connectivity index (χ0) is 18.4. The molecule has 4 atom stereocenters. The van der Waals surface area contributed by atoms with Crippen LogP contribution >= 0.6 is 0 Å². The van der Waals surface area contributed by atoms with Crippen molar-refractivity contribution in [3.05, 3.63) is 11.3 Å². The van der Waals surface area contributed by atoms with E-state index in [4.69, 9.17) is 18.9 Å². The minimum atomic E-state index is -1.03. The second kappa shape index (κ2) is 6.63. The molecule has 0 aromatic heterocycles. The highest BCUT2D eigenvalue weighted by Crippen LogP contribution is 2.50. The number of carbonyl (C=O) groups is 2. The molecule has 25 heavy (non-hydrogen) atoms. The first-order chi connectivity index (χ1) is 11.8. The van der Waals surface area contributed by atoms with Crippen LogP contribution in [0, 0.1) is 23.7 Å². The van der Waals surface area contributed by atoms with Gasteiger partial charge in [-0.25, -0.2) is 4.79 Å². The van der Waals surface area contributed by atoms with Crippen molar-refractivity contribution in [2.24, 2.45) is 23.7 Å². The van der Waals surface area contributed by atoms with E-state index in [0.717, 1.165) is 12.8 Å². The molecule has 0 amide bonds. The Balaban J connectivity index is 2.12. The lowest BCUT2D eigenvalue weighted by molar-refractivity contribution is -0.227. The van der Waals surface area contributed by atoms with Gasteiger partial charge in [-0.3, -0.25) is 4.79 Å². The third kappa shape index (κ3) is 3.16. The third-order valence-corrected chi connectivity index (χ3v) is 5.26. The molecule has 0 aromatic carbocycles. The molecule has 6 heteroatoms. The van der Waals surface area contributed by atoms with Crippen LogP contribution in [-0.4, -0.2) is 37.0 Å². The average molecular weight is 352 g/mol. The van der Waals surface area contributed by atoms with Crippen LogP contribution in [-0.2, 0) is 28.5 Å². The van der Waals surface area contributed by atoms with E-state index in [2.05, 4.69) is 0 Å². The Bertz CT molecular complexity index is 591. The summed E-state index contributed by atoms with van der Waals surface area (Å²) in [6.45, 7) is 10.2. The number of hydrogen-bond donors (Lipinski definition) is 0. The first kappa shape index (κ1) is 18.2. The molecule has 0 bridgehead atoms. The Labute approximate surface area is 148 Å². The van der Waals surface area contributed by atoms with Crippen LogP contribution in [0.5, 0.6) is 0 Å². The monoisotopic (exact) mass is 352 g/mol. The average Bonchev–Trinajstić information content (AvgIpc) is 2.52. The Kier molecular flexibility index (Phi) is 4.84. The normalized spacial score (nSPS) is 33.9. The fourth-order valence-electron chi connectivity index (χ4n) is 4.43. The summed E-state index contributed by atoms with van der Waals surface area (Å²) in [7, 11) is 0. The Morgan fingerprint density at radius 2 is 2.04 bits per heavy atom. The number of hydrogen-bond acceptors (Lipinski definition) is 6. The van der Waals surface area contributed by atoms with E-state index in [9.17, 15) is 9.59 Å². The Morgan fingerprint density at radius 3 is 2.68 bits per heavy atom. The van der Waals surface area contributed by atoms with E-state index in [1.165, 1.54) is 0 Å². The molecule has 1 saturated heterocycles. The molecular weight excluding hydrogens is 324 g/mol. The van der Waals surface area contributed by atoms with Crippen LogP contribution < -0.4 is 0 Å². The molecule has 0 unspecified atom stereocenters. The first-order valence-corrected chi connectivity index (χ1v) is 9.21. The highest BCUT2D eigenvalue weighted by atomic mass is 16.7. The van der Waals surface area contributed by atoms with Crippen molar-refractivity contribution in [2.75, 3.05) is 13.2 Å². The van der Waals surface area contributed by atoms with Crippen molar-refractivity contribution in [1.82, 2.24) is 0 Å². The van der Waals surface area contributed by atoms with Gasteiger partial charge in [-0.15, -0.1) is 0 Å². The summed E-state index contributed by atoms with van der Waals surface area (Å²) in [6.07, 6.45) is 1.35. The highest BCUT2D eigenvalue weighted by molar-refractivity contribution is 5.92. The summed E-state index contributed by atoms with van der Waals surface area (Å²) in [5.41, 5.74) is 0.454. The molecule has 2 heterocycles. The topological polar surface area (TPSA) is 71.1 Å². The quantitative estimate of drug-likeness (QED) is 0.728. The van der Waals surface area contributed by atoms with Crippen molar-refractivity contribution < 1.29 is 28.5 Å². The number of cyclic esters (lactones) is 1. The van der Waals surface area contributed by atoms with E-state index in [1.54, 1.807) is 20.8 Å². The lowest BCUT2D eigenvalue weighted by Gasteiger charge is -2.49. The van der Waals surface area contributed by atoms with Crippen LogP contribution in [0.25, 0.3) is 0 Å². The minimum absolute atomic E-state index is 0.0411. The molecule has 1 aliphatic carbocycles. The standard InChI is InChI=1S/C19H28O6/c1-6-22-17(20)13-11-8-7-9-23-15(11)16-14(12(13)10(2)3)18(21)25-19(4,5)24-16/h10-13,15H,6-9H2,1-5H3/t11-,12-,13-,15+/m0/s1. The Hall–Kier alpha value is -1.56. The van der Waals surface area contributed by atoms with Gasteiger partial charge in [0.15, 0.2) is 0 Å². The van der Waals surface area contributed by atoms with E-state index < -0.39 is 17.7 Å². The van der Waals surface area contributed by atoms with Gasteiger partial charge in [0.05, 0.1) is 18.1 Å². The summed E-state index contributed by atoms with van der Waals surface area (Å²) in [4.78, 5) is 25.6. The fourth-order valence-corrected chi connectivity index (χ4v) is 4.43. The van der Waals surface area contributed by atoms with Gasteiger partial charge in [0.2, 0.25) is 5.79 Å². The van der Waals surface area contributed by atoms with Gasteiger partial charge in [-0.05, 0) is 25.7 Å². The van der Waals surface area contributed by atoms with E-state index >= 15 is 0 Å². The zero-order valence-electron chi connectivity index (χ0n) is 15.7. The summed E-state index contributed by atoms with van der Waals surface area (Å²) in [5, 5.41) is 0. The van der Waals surface area contributed by atoms with Gasteiger partial charge >= 0.3 is 11.9 Å². The molecule has 0 saturated carbocycles. The van der Waals surface area contributed by atoms with Gasteiger partial charge in [0, 0.05) is 32.3 Å².